The van der Waals surface area contributed by atoms with Crippen LogP contribution >= 0.6 is 0 Å². The Kier molecular flexibility index (Phi) is 47.4. The second-order valence-electron chi connectivity index (χ2n) is 17.6. The van der Waals surface area contributed by atoms with E-state index in [-0.39, 0.29) is 57.4 Å². The van der Waals surface area contributed by atoms with Crippen molar-refractivity contribution in [3.8, 4) is 0 Å². The van der Waals surface area contributed by atoms with Gasteiger partial charge >= 0.3 is 18.1 Å². The van der Waals surface area contributed by atoms with Gasteiger partial charge in [-0.2, -0.15) is 0 Å². The molecule has 0 aromatic heterocycles. The number of nitrogens with zero attached hydrogens (tertiary/aromatic N) is 1. The molecule has 12 heteroatoms. The van der Waals surface area contributed by atoms with Crippen molar-refractivity contribution < 1.29 is 52.3 Å². The van der Waals surface area contributed by atoms with E-state index in [4.69, 9.17) is 37.9 Å². The Balaban J connectivity index is 5.12. The van der Waals surface area contributed by atoms with E-state index in [0.717, 1.165) is 64.5 Å². The predicted octanol–water partition coefficient (Wildman–Crippen LogP) is 13.4. The highest BCUT2D eigenvalue weighted by atomic mass is 16.7. The van der Waals surface area contributed by atoms with Gasteiger partial charge in [-0.15, -0.1) is 0 Å². The zero-order valence-electron chi connectivity index (χ0n) is 42.5. The summed E-state index contributed by atoms with van der Waals surface area (Å²) in [7, 11) is 2.01. The Bertz CT molecular complexity index is 920. The predicted molar refractivity (Wildman–Crippen MR) is 259 cm³/mol. The molecule has 0 aliphatic heterocycles. The third-order valence-electron chi connectivity index (χ3n) is 11.5. The van der Waals surface area contributed by atoms with Crippen molar-refractivity contribution in [2.75, 3.05) is 66.4 Å². The van der Waals surface area contributed by atoms with Crippen LogP contribution in [0, 0.1) is 0 Å². The highest BCUT2D eigenvalue weighted by Crippen LogP contribution is 2.15. The van der Waals surface area contributed by atoms with Crippen molar-refractivity contribution in [2.45, 2.75) is 252 Å². The molecule has 12 nitrogen and oxygen atoms in total. The van der Waals surface area contributed by atoms with Crippen LogP contribution in [0.1, 0.15) is 234 Å². The lowest BCUT2D eigenvalue weighted by Gasteiger charge is -2.20. The molecule has 0 unspecified atom stereocenters. The van der Waals surface area contributed by atoms with E-state index in [9.17, 15) is 14.4 Å². The monoisotopic (exact) mass is 916 g/mol. The zero-order valence-corrected chi connectivity index (χ0v) is 42.5. The first-order valence-electron chi connectivity index (χ1n) is 26.6. The van der Waals surface area contributed by atoms with Crippen molar-refractivity contribution in [3.05, 3.63) is 0 Å². The molecule has 380 valence electrons. The fourth-order valence-corrected chi connectivity index (χ4v) is 7.12. The maximum Gasteiger partial charge on any atom is 0.508 e. The number of carbonyl (C=O) groups excluding carboxylic acids is 3. The number of hydrogen-bond acceptors (Lipinski definition) is 12. The topological polar surface area (TPSA) is 128 Å². The minimum absolute atomic E-state index is 0.0431. The quantitative estimate of drug-likeness (QED) is 0.0249. The van der Waals surface area contributed by atoms with Crippen molar-refractivity contribution in [1.29, 1.82) is 0 Å². The Morgan fingerprint density at radius 1 is 0.391 bits per heavy atom. The molecular formula is C52H101NO11. The van der Waals surface area contributed by atoms with Gasteiger partial charge in [0.2, 0.25) is 0 Å². The molecule has 0 aromatic rings. The average Bonchev–Trinajstić information content (AvgIpc) is 3.29. The van der Waals surface area contributed by atoms with Gasteiger partial charge in [-0.3, -0.25) is 9.59 Å². The normalized spacial score (nSPS) is 11.7. The molecule has 0 atom stereocenters. The summed E-state index contributed by atoms with van der Waals surface area (Å²) in [5.41, 5.74) is 0. The first-order valence-corrected chi connectivity index (χ1v) is 26.6. The Labute approximate surface area is 393 Å². The van der Waals surface area contributed by atoms with Gasteiger partial charge in [0.05, 0.1) is 32.7 Å². The SMILES string of the molecule is CCCCCCCCOC(CCC(=O)OCCC(CCOC(=O)CCC(OCCCCCCCC)OCCCCCCCC)OC(=O)OCCCN(C)CC)OCCCCCCCC. The number of esters is 2. The fraction of sp³-hybridized carbons (Fsp3) is 0.942. The first-order chi connectivity index (χ1) is 31.3. The molecule has 0 fully saturated rings. The Morgan fingerprint density at radius 2 is 0.734 bits per heavy atom. The summed E-state index contributed by atoms with van der Waals surface area (Å²) in [6.45, 7) is 15.4. The average molecular weight is 916 g/mol. The van der Waals surface area contributed by atoms with Gasteiger partial charge in [-0.05, 0) is 45.7 Å². The largest absolute Gasteiger partial charge is 0.508 e. The van der Waals surface area contributed by atoms with Crippen molar-refractivity contribution >= 4 is 18.1 Å². The van der Waals surface area contributed by atoms with Crippen molar-refractivity contribution in [1.82, 2.24) is 4.90 Å². The Morgan fingerprint density at radius 3 is 1.08 bits per heavy atom. The van der Waals surface area contributed by atoms with E-state index < -0.39 is 24.8 Å². The number of hydrogen-bond donors (Lipinski definition) is 0. The van der Waals surface area contributed by atoms with Crippen LogP contribution in [0.25, 0.3) is 0 Å². The van der Waals surface area contributed by atoms with Crippen LogP contribution in [0.15, 0.2) is 0 Å². The summed E-state index contributed by atoms with van der Waals surface area (Å²) in [5, 5.41) is 0. The van der Waals surface area contributed by atoms with Gasteiger partial charge in [-0.25, -0.2) is 4.79 Å². The smallest absolute Gasteiger partial charge is 0.466 e. The Hall–Kier alpha value is -1.99. The molecule has 0 aliphatic rings. The third-order valence-corrected chi connectivity index (χ3v) is 11.5. The molecule has 0 saturated heterocycles. The lowest BCUT2D eigenvalue weighted by atomic mass is 10.1. The molecule has 0 spiro atoms. The van der Waals surface area contributed by atoms with Crippen LogP contribution < -0.4 is 0 Å². The van der Waals surface area contributed by atoms with Crippen LogP contribution in [0.5, 0.6) is 0 Å². The van der Waals surface area contributed by atoms with E-state index in [0.29, 0.717) is 45.7 Å². The third kappa shape index (κ3) is 43.9. The van der Waals surface area contributed by atoms with E-state index in [2.05, 4.69) is 39.5 Å². The maximum atomic E-state index is 12.9. The number of ether oxygens (including phenoxy) is 8. The van der Waals surface area contributed by atoms with Gasteiger partial charge < -0.3 is 42.8 Å². The highest BCUT2D eigenvalue weighted by molar-refractivity contribution is 5.69. The molecule has 0 radical (unpaired) electrons. The van der Waals surface area contributed by atoms with Gasteiger partial charge in [0, 0.05) is 58.7 Å². The molecular weight excluding hydrogens is 815 g/mol. The highest BCUT2D eigenvalue weighted by Gasteiger charge is 2.20. The van der Waals surface area contributed by atoms with Crippen LogP contribution in [0.4, 0.5) is 4.79 Å². The van der Waals surface area contributed by atoms with Gasteiger partial charge in [-0.1, -0.05) is 163 Å². The van der Waals surface area contributed by atoms with E-state index in [1.54, 1.807) is 0 Å². The summed E-state index contributed by atoms with van der Waals surface area (Å²) >= 11 is 0. The summed E-state index contributed by atoms with van der Waals surface area (Å²) < 4.78 is 46.6. The molecule has 0 rings (SSSR count). The maximum absolute atomic E-state index is 12.9. The zero-order chi connectivity index (χ0) is 47.0. The molecule has 0 aromatic carbocycles. The molecule has 64 heavy (non-hydrogen) atoms. The van der Waals surface area contributed by atoms with Crippen LogP contribution in [0.3, 0.4) is 0 Å². The van der Waals surface area contributed by atoms with E-state index in [1.165, 1.54) is 103 Å². The summed E-state index contributed by atoms with van der Waals surface area (Å²) in [6, 6.07) is 0. The van der Waals surface area contributed by atoms with Gasteiger partial charge in [0.15, 0.2) is 12.6 Å². The second-order valence-corrected chi connectivity index (χ2v) is 17.6. The van der Waals surface area contributed by atoms with Crippen LogP contribution in [0.2, 0.25) is 0 Å². The minimum Gasteiger partial charge on any atom is -0.466 e. The summed E-state index contributed by atoms with van der Waals surface area (Å²) in [5.74, 6) is -0.729. The summed E-state index contributed by atoms with van der Waals surface area (Å²) in [6.07, 6.45) is 28.1. The molecule has 0 N–H and O–H groups in total. The van der Waals surface area contributed by atoms with Gasteiger partial charge in [0.1, 0.15) is 6.10 Å². The number of unbranched alkanes of at least 4 members (excludes halogenated alkanes) is 20. The van der Waals surface area contributed by atoms with E-state index >= 15 is 0 Å². The molecule has 0 heterocycles. The van der Waals surface area contributed by atoms with Crippen molar-refractivity contribution in [2.24, 2.45) is 0 Å². The number of rotatable bonds is 50. The van der Waals surface area contributed by atoms with Crippen LogP contribution in [-0.4, -0.2) is 108 Å². The summed E-state index contributed by atoms with van der Waals surface area (Å²) in [4.78, 5) is 40.6. The van der Waals surface area contributed by atoms with E-state index in [1.807, 2.05) is 7.05 Å². The molecule has 0 aliphatic carbocycles. The fourth-order valence-electron chi connectivity index (χ4n) is 7.12. The second kappa shape index (κ2) is 48.9. The lowest BCUT2D eigenvalue weighted by Crippen LogP contribution is -2.25. The first kappa shape index (κ1) is 62.0. The van der Waals surface area contributed by atoms with Crippen molar-refractivity contribution in [3.63, 3.8) is 0 Å². The molecule has 0 bridgehead atoms. The lowest BCUT2D eigenvalue weighted by molar-refractivity contribution is -0.160. The van der Waals surface area contributed by atoms with Gasteiger partial charge in [0.25, 0.3) is 0 Å². The standard InChI is InChI=1S/C52H101NO11/c1-7-12-16-20-24-28-40-59-50(60-41-29-25-21-17-13-8-2)35-33-48(54)57-45-37-47(64-52(56)63-44-32-39-53(6)11-5)38-46-58-49(55)34-36-51(61-42-30-26-22-18-14-9-3)62-43-31-27-23-19-15-10-4/h47,50-51H,7-46H2,1-6H3. The molecule has 0 amide bonds. The molecule has 0 saturated carbocycles. The minimum atomic E-state index is -0.789. The number of carbonyl (C=O) groups is 3. The van der Waals surface area contributed by atoms with Crippen LogP contribution in [-0.2, 0) is 47.5 Å².